The monoisotopic (exact) mass is 939 g/mol. The highest BCUT2D eigenvalue weighted by Crippen LogP contribution is 2.45. The lowest BCUT2D eigenvalue weighted by Crippen LogP contribution is -2.05. The molecule has 2 heterocycles. The SMILES string of the molecule is Cc1ccc(-c2ccc3c(c2)c2cc(-c4ccc(C)cc4C)ccc2n3-c2cc(C)c(-c3cccc(C#N)c3)cc2-n2c3ccc(-c4ccc(C)cc4C)cc3c3cc(-c4ccc(C)cc4C)ccc32)c(C)c1. The Morgan fingerprint density at radius 3 is 0.932 bits per heavy atom. The fourth-order valence-electron chi connectivity index (χ4n) is 11.9. The molecule has 352 valence electrons. The van der Waals surface area contributed by atoms with E-state index in [4.69, 9.17) is 0 Å². The topological polar surface area (TPSA) is 33.6 Å². The molecule has 0 bridgehead atoms. The van der Waals surface area contributed by atoms with E-state index in [-0.39, 0.29) is 0 Å². The maximum Gasteiger partial charge on any atom is 0.0991 e. The summed E-state index contributed by atoms with van der Waals surface area (Å²) < 4.78 is 5.01. The molecular formula is C70H57N3. The zero-order valence-electron chi connectivity index (χ0n) is 43.2. The van der Waals surface area contributed by atoms with E-state index < -0.39 is 0 Å². The molecular weight excluding hydrogens is 883 g/mol. The van der Waals surface area contributed by atoms with Gasteiger partial charge in [0.2, 0.25) is 0 Å². The van der Waals surface area contributed by atoms with Crippen molar-refractivity contribution < 1.29 is 0 Å². The second-order valence-corrected chi connectivity index (χ2v) is 20.7. The number of aromatic nitrogens is 2. The lowest BCUT2D eigenvalue weighted by Gasteiger charge is -2.20. The van der Waals surface area contributed by atoms with Crippen LogP contribution in [0.25, 0.3) is 111 Å². The molecule has 0 unspecified atom stereocenters. The summed E-state index contributed by atoms with van der Waals surface area (Å²) >= 11 is 0. The normalized spacial score (nSPS) is 11.6. The van der Waals surface area contributed by atoms with Crippen LogP contribution >= 0.6 is 0 Å². The lowest BCUT2D eigenvalue weighted by molar-refractivity contribution is 1.09. The van der Waals surface area contributed by atoms with Crippen LogP contribution in [-0.4, -0.2) is 9.13 Å². The Bertz CT molecular complexity index is 4100. The van der Waals surface area contributed by atoms with Gasteiger partial charge in [-0.15, -0.1) is 0 Å². The summed E-state index contributed by atoms with van der Waals surface area (Å²) in [6.07, 6.45) is 0. The molecule has 0 saturated heterocycles. The molecule has 0 aliphatic carbocycles. The average molecular weight is 940 g/mol. The average Bonchev–Trinajstić information content (AvgIpc) is 3.87. The van der Waals surface area contributed by atoms with Gasteiger partial charge in [-0.25, -0.2) is 0 Å². The maximum absolute atomic E-state index is 10.1. The van der Waals surface area contributed by atoms with Gasteiger partial charge in [0.25, 0.3) is 0 Å². The summed E-state index contributed by atoms with van der Waals surface area (Å²) in [5, 5.41) is 14.9. The summed E-state index contributed by atoms with van der Waals surface area (Å²) in [4.78, 5) is 0. The minimum atomic E-state index is 0.638. The number of hydrogen-bond donors (Lipinski definition) is 0. The first-order valence-corrected chi connectivity index (χ1v) is 25.4. The molecule has 0 aliphatic rings. The first-order chi connectivity index (χ1) is 35.3. The van der Waals surface area contributed by atoms with Gasteiger partial charge in [-0.2, -0.15) is 5.26 Å². The van der Waals surface area contributed by atoms with Gasteiger partial charge in [0.1, 0.15) is 0 Å². The van der Waals surface area contributed by atoms with Gasteiger partial charge in [0, 0.05) is 21.5 Å². The molecule has 0 aliphatic heterocycles. The third kappa shape index (κ3) is 7.74. The second-order valence-electron chi connectivity index (χ2n) is 20.7. The van der Waals surface area contributed by atoms with Crippen molar-refractivity contribution in [2.75, 3.05) is 0 Å². The van der Waals surface area contributed by atoms with Crippen LogP contribution in [0.15, 0.2) is 182 Å². The maximum atomic E-state index is 10.1. The van der Waals surface area contributed by atoms with E-state index in [2.05, 4.69) is 241 Å². The van der Waals surface area contributed by atoms with Crippen LogP contribution in [0.2, 0.25) is 0 Å². The molecule has 12 rings (SSSR count). The molecule has 12 aromatic rings. The lowest BCUT2D eigenvalue weighted by atomic mass is 9.95. The number of nitrogens with zero attached hydrogens (tertiary/aromatic N) is 3. The molecule has 0 radical (unpaired) electrons. The van der Waals surface area contributed by atoms with Crippen molar-refractivity contribution in [1.29, 1.82) is 5.26 Å². The summed E-state index contributed by atoms with van der Waals surface area (Å²) in [5.41, 5.74) is 30.3. The zero-order chi connectivity index (χ0) is 50.4. The van der Waals surface area contributed by atoms with Crippen LogP contribution in [0.4, 0.5) is 0 Å². The van der Waals surface area contributed by atoms with Crippen molar-refractivity contribution >= 4 is 43.6 Å². The molecule has 0 spiro atoms. The highest BCUT2D eigenvalue weighted by atomic mass is 15.1. The zero-order valence-corrected chi connectivity index (χ0v) is 43.2. The van der Waals surface area contributed by atoms with Gasteiger partial charge in [0.05, 0.1) is 45.1 Å². The largest absolute Gasteiger partial charge is 0.307 e. The van der Waals surface area contributed by atoms with Gasteiger partial charge in [0.15, 0.2) is 0 Å². The molecule has 3 heteroatoms. The quantitative estimate of drug-likeness (QED) is 0.157. The Balaban J connectivity index is 1.20. The molecule has 73 heavy (non-hydrogen) atoms. The van der Waals surface area contributed by atoms with Crippen molar-refractivity contribution in [3.63, 3.8) is 0 Å². The van der Waals surface area contributed by atoms with Crippen LogP contribution in [-0.2, 0) is 0 Å². The van der Waals surface area contributed by atoms with Gasteiger partial charge in [-0.05, 0) is 219 Å². The van der Waals surface area contributed by atoms with Crippen molar-refractivity contribution in [1.82, 2.24) is 9.13 Å². The molecule has 0 fully saturated rings. The fourth-order valence-corrected chi connectivity index (χ4v) is 11.9. The van der Waals surface area contributed by atoms with Crippen molar-refractivity contribution in [3.05, 3.63) is 238 Å². The van der Waals surface area contributed by atoms with Crippen LogP contribution < -0.4 is 0 Å². The predicted molar refractivity (Wildman–Crippen MR) is 310 cm³/mol. The first-order valence-electron chi connectivity index (χ1n) is 25.4. The summed E-state index contributed by atoms with van der Waals surface area (Å²) in [7, 11) is 0. The summed E-state index contributed by atoms with van der Waals surface area (Å²) in [6.45, 7) is 19.8. The highest BCUT2D eigenvalue weighted by molar-refractivity contribution is 6.14. The molecule has 0 amide bonds. The van der Waals surface area contributed by atoms with Gasteiger partial charge < -0.3 is 9.13 Å². The third-order valence-electron chi connectivity index (χ3n) is 15.4. The van der Waals surface area contributed by atoms with E-state index in [9.17, 15) is 5.26 Å². The Morgan fingerprint density at radius 1 is 0.288 bits per heavy atom. The fraction of sp³-hybridized carbons (Fsp3) is 0.129. The standard InChI is InChI=1S/C70H57N3/c1-41-13-21-56(45(5)29-41)52-17-25-65-61(35-52)62-36-53(57-22-14-42(2)30-46(57)6)18-26-66(62)72(65)69-33-49(9)60(51-12-10-11-50(34-51)40-71)39-70(69)73-67-27-19-54(58-23-15-43(3)31-47(58)7)37-63(67)64-38-55(20-28-68(64)73)59-24-16-44(4)32-48(59)8/h10-39H,1-9H3. The van der Waals surface area contributed by atoms with Crippen LogP contribution in [0.5, 0.6) is 0 Å². The smallest absolute Gasteiger partial charge is 0.0991 e. The molecule has 0 saturated carbocycles. The highest BCUT2D eigenvalue weighted by Gasteiger charge is 2.24. The van der Waals surface area contributed by atoms with E-state index in [1.54, 1.807) is 0 Å². The minimum Gasteiger partial charge on any atom is -0.307 e. The van der Waals surface area contributed by atoms with E-state index in [0.29, 0.717) is 5.56 Å². The number of hydrogen-bond acceptors (Lipinski definition) is 1. The Kier molecular flexibility index (Phi) is 10.9. The molecule has 3 nitrogen and oxygen atoms in total. The third-order valence-corrected chi connectivity index (χ3v) is 15.4. The van der Waals surface area contributed by atoms with Gasteiger partial charge in [-0.3, -0.25) is 0 Å². The number of rotatable bonds is 7. The Morgan fingerprint density at radius 2 is 0.603 bits per heavy atom. The molecule has 0 atom stereocenters. The number of fused-ring (bicyclic) bond motifs is 6. The summed E-state index contributed by atoms with van der Waals surface area (Å²) in [5.74, 6) is 0. The van der Waals surface area contributed by atoms with Gasteiger partial charge in [-0.1, -0.05) is 131 Å². The van der Waals surface area contributed by atoms with E-state index in [1.165, 1.54) is 111 Å². The Labute approximate surface area is 428 Å². The number of benzene rings is 10. The minimum absolute atomic E-state index is 0.638. The van der Waals surface area contributed by atoms with Crippen LogP contribution in [0, 0.1) is 73.6 Å². The van der Waals surface area contributed by atoms with E-state index in [0.717, 1.165) is 50.1 Å². The second kappa shape index (κ2) is 17.5. The first kappa shape index (κ1) is 45.4. The Hall–Kier alpha value is -8.71. The van der Waals surface area contributed by atoms with Gasteiger partial charge >= 0.3 is 0 Å². The van der Waals surface area contributed by atoms with Crippen molar-refractivity contribution in [3.8, 4) is 73.1 Å². The van der Waals surface area contributed by atoms with E-state index >= 15 is 0 Å². The summed E-state index contributed by atoms with van der Waals surface area (Å²) in [6, 6.07) is 70.5. The molecule has 0 N–H and O–H groups in total. The van der Waals surface area contributed by atoms with Crippen molar-refractivity contribution in [2.45, 2.75) is 62.3 Å². The van der Waals surface area contributed by atoms with E-state index in [1.807, 2.05) is 18.2 Å². The van der Waals surface area contributed by atoms with Crippen molar-refractivity contribution in [2.24, 2.45) is 0 Å². The predicted octanol–water partition coefficient (Wildman–Crippen LogP) is 18.9. The van der Waals surface area contributed by atoms with Crippen LogP contribution in [0.1, 0.15) is 55.6 Å². The number of nitriles is 1. The number of aryl methyl sites for hydroxylation is 9. The molecule has 2 aromatic heterocycles. The van der Waals surface area contributed by atoms with Crippen LogP contribution in [0.3, 0.4) is 0 Å². The molecule has 10 aromatic carbocycles.